The molecule has 0 aliphatic rings. The Bertz CT molecular complexity index is 1350. The van der Waals surface area contributed by atoms with Crippen molar-refractivity contribution in [1.82, 2.24) is 5.32 Å². The lowest BCUT2D eigenvalue weighted by molar-refractivity contribution is -0.143. The molecular formula is C80H155NO5. The molecule has 2 unspecified atom stereocenters. The Morgan fingerprint density at radius 2 is 0.547 bits per heavy atom. The third-order valence-electron chi connectivity index (χ3n) is 18.7. The summed E-state index contributed by atoms with van der Waals surface area (Å²) >= 11 is 0. The quantitative estimate of drug-likeness (QED) is 0.0320. The average molecular weight is 1210 g/mol. The average Bonchev–Trinajstić information content (AvgIpc) is 3.59. The van der Waals surface area contributed by atoms with Gasteiger partial charge in [0.2, 0.25) is 5.91 Å². The Morgan fingerprint density at radius 1 is 0.314 bits per heavy atom. The van der Waals surface area contributed by atoms with Gasteiger partial charge in [0.05, 0.1) is 25.4 Å². The van der Waals surface area contributed by atoms with E-state index in [2.05, 4.69) is 31.3 Å². The molecule has 6 heteroatoms. The zero-order valence-corrected chi connectivity index (χ0v) is 58.6. The van der Waals surface area contributed by atoms with Gasteiger partial charge in [0.25, 0.3) is 0 Å². The maximum atomic E-state index is 12.5. The van der Waals surface area contributed by atoms with E-state index in [9.17, 15) is 19.8 Å². The van der Waals surface area contributed by atoms with E-state index in [0.29, 0.717) is 19.4 Å². The van der Waals surface area contributed by atoms with E-state index in [4.69, 9.17) is 4.74 Å². The molecule has 0 aromatic heterocycles. The second kappa shape index (κ2) is 75.8. The number of amides is 1. The van der Waals surface area contributed by atoms with Gasteiger partial charge in [-0.3, -0.25) is 9.59 Å². The molecule has 0 rings (SSSR count). The molecule has 86 heavy (non-hydrogen) atoms. The zero-order valence-electron chi connectivity index (χ0n) is 58.6. The van der Waals surface area contributed by atoms with E-state index in [-0.39, 0.29) is 18.5 Å². The minimum Gasteiger partial charge on any atom is -0.466 e. The molecule has 6 nitrogen and oxygen atoms in total. The fourth-order valence-electron chi connectivity index (χ4n) is 12.7. The number of rotatable bonds is 75. The highest BCUT2D eigenvalue weighted by atomic mass is 16.5. The number of nitrogens with one attached hydrogen (secondary N) is 1. The van der Waals surface area contributed by atoms with Gasteiger partial charge in [-0.1, -0.05) is 404 Å². The number of esters is 1. The normalized spacial score (nSPS) is 12.6. The summed E-state index contributed by atoms with van der Waals surface area (Å²) in [5, 5.41) is 23.2. The molecule has 0 radical (unpaired) electrons. The highest BCUT2D eigenvalue weighted by Gasteiger charge is 2.18. The first-order valence-corrected chi connectivity index (χ1v) is 39.6. The SMILES string of the molecule is CCCCCCCC/C=C\CCCCCCCCCCCC(=O)OCCCCCCCCCCCCCCCCCCCCCCCCCCCCCCCCCCCC(=O)NC(CO)C(O)/C=C/CCCCCCCCCCCCCCCCC. The number of aliphatic hydroxyl groups excluding tert-OH is 2. The first-order chi connectivity index (χ1) is 42.5. The third-order valence-corrected chi connectivity index (χ3v) is 18.7. The maximum absolute atomic E-state index is 12.5. The molecule has 510 valence electrons. The number of unbranched alkanes of at least 4 members (excludes halogenated alkanes) is 62. The second-order valence-corrected chi connectivity index (χ2v) is 27.4. The Hall–Kier alpha value is -1.66. The van der Waals surface area contributed by atoms with Gasteiger partial charge in [-0.05, 0) is 57.8 Å². The number of ether oxygens (including phenoxy) is 1. The van der Waals surface area contributed by atoms with Crippen LogP contribution in [0.15, 0.2) is 24.3 Å². The molecule has 0 aliphatic carbocycles. The molecular weight excluding hydrogens is 1050 g/mol. The standard InChI is InChI=1S/C80H155NO5/c1-3-5-7-9-11-13-15-17-19-21-37-42-46-50-54-58-62-66-70-74-80(85)86-75-71-67-63-59-55-51-47-43-39-36-34-32-30-28-26-24-22-23-25-27-29-31-33-35-38-41-45-49-53-57-61-65-69-73-79(84)81-77(76-82)78(83)72-68-64-60-56-52-48-44-40-20-18-16-14-12-10-8-6-4-2/h17,19,68,72,77-78,82-83H,3-16,18,20-67,69-71,73-76H2,1-2H3,(H,81,84)/b19-17-,72-68+. The molecule has 0 saturated carbocycles. The number of carbonyl (C=O) groups is 2. The molecule has 0 heterocycles. The number of hydrogen-bond donors (Lipinski definition) is 3. The van der Waals surface area contributed by atoms with Crippen LogP contribution < -0.4 is 5.32 Å². The minimum absolute atomic E-state index is 0.0220. The van der Waals surface area contributed by atoms with Gasteiger partial charge in [-0.15, -0.1) is 0 Å². The monoisotopic (exact) mass is 1210 g/mol. The van der Waals surface area contributed by atoms with Crippen molar-refractivity contribution in [1.29, 1.82) is 0 Å². The van der Waals surface area contributed by atoms with E-state index in [0.717, 1.165) is 38.5 Å². The van der Waals surface area contributed by atoms with Gasteiger partial charge >= 0.3 is 5.97 Å². The van der Waals surface area contributed by atoms with E-state index in [1.807, 2.05) is 6.08 Å². The van der Waals surface area contributed by atoms with E-state index < -0.39 is 12.1 Å². The lowest BCUT2D eigenvalue weighted by Crippen LogP contribution is -2.45. The molecule has 0 aromatic carbocycles. The Morgan fingerprint density at radius 3 is 0.826 bits per heavy atom. The smallest absolute Gasteiger partial charge is 0.305 e. The fourth-order valence-corrected chi connectivity index (χ4v) is 12.7. The first-order valence-electron chi connectivity index (χ1n) is 39.6. The van der Waals surface area contributed by atoms with Crippen LogP contribution in [-0.2, 0) is 14.3 Å². The van der Waals surface area contributed by atoms with Crippen LogP contribution in [0.5, 0.6) is 0 Å². The summed E-state index contributed by atoms with van der Waals surface area (Å²) in [6.45, 7) is 4.95. The zero-order chi connectivity index (χ0) is 62.0. The Labute approximate surface area is 539 Å². The van der Waals surface area contributed by atoms with Crippen LogP contribution in [0.2, 0.25) is 0 Å². The predicted octanol–water partition coefficient (Wildman–Crippen LogP) is 26.0. The molecule has 0 bridgehead atoms. The van der Waals surface area contributed by atoms with Crippen LogP contribution in [0.4, 0.5) is 0 Å². The number of carbonyl (C=O) groups excluding carboxylic acids is 2. The van der Waals surface area contributed by atoms with Crippen LogP contribution in [0.1, 0.15) is 450 Å². The van der Waals surface area contributed by atoms with Crippen LogP contribution >= 0.6 is 0 Å². The van der Waals surface area contributed by atoms with E-state index in [1.165, 1.54) is 385 Å². The van der Waals surface area contributed by atoms with Crippen molar-refractivity contribution < 1.29 is 24.5 Å². The van der Waals surface area contributed by atoms with Crippen LogP contribution in [0.3, 0.4) is 0 Å². The molecule has 0 spiro atoms. The molecule has 0 aromatic rings. The minimum atomic E-state index is -0.841. The summed E-state index contributed by atoms with van der Waals surface area (Å²) in [7, 11) is 0. The second-order valence-electron chi connectivity index (χ2n) is 27.4. The number of aliphatic hydroxyl groups is 2. The van der Waals surface area contributed by atoms with Crippen molar-refractivity contribution >= 4 is 11.9 Å². The van der Waals surface area contributed by atoms with Gasteiger partial charge < -0.3 is 20.3 Å². The summed E-state index contributed by atoms with van der Waals surface area (Å²) in [6, 6.07) is -0.624. The molecule has 0 fully saturated rings. The topological polar surface area (TPSA) is 95.9 Å². The van der Waals surface area contributed by atoms with Gasteiger partial charge in [-0.25, -0.2) is 0 Å². The lowest BCUT2D eigenvalue weighted by Gasteiger charge is -2.20. The number of allylic oxidation sites excluding steroid dienone is 3. The summed E-state index contributed by atoms with van der Waals surface area (Å²) < 4.78 is 5.52. The van der Waals surface area contributed by atoms with E-state index >= 15 is 0 Å². The lowest BCUT2D eigenvalue weighted by atomic mass is 10.0. The molecule has 0 saturated heterocycles. The highest BCUT2D eigenvalue weighted by Crippen LogP contribution is 2.20. The fraction of sp³-hybridized carbons (Fsp3) is 0.925. The highest BCUT2D eigenvalue weighted by molar-refractivity contribution is 5.76. The summed E-state index contributed by atoms with van der Waals surface area (Å²) in [4.78, 5) is 24.6. The van der Waals surface area contributed by atoms with Crippen molar-refractivity contribution in [3.05, 3.63) is 24.3 Å². The van der Waals surface area contributed by atoms with Crippen molar-refractivity contribution in [2.24, 2.45) is 0 Å². The summed E-state index contributed by atoms with van der Waals surface area (Å²) in [6.07, 6.45) is 97.3. The first kappa shape index (κ1) is 84.3. The maximum Gasteiger partial charge on any atom is 0.305 e. The van der Waals surface area contributed by atoms with Gasteiger partial charge in [0.1, 0.15) is 0 Å². The largest absolute Gasteiger partial charge is 0.466 e. The van der Waals surface area contributed by atoms with Crippen molar-refractivity contribution in [2.75, 3.05) is 13.2 Å². The third kappa shape index (κ3) is 71.4. The predicted molar refractivity (Wildman–Crippen MR) is 380 cm³/mol. The molecule has 1 amide bonds. The van der Waals surface area contributed by atoms with Crippen molar-refractivity contribution in [3.63, 3.8) is 0 Å². The number of hydrogen-bond acceptors (Lipinski definition) is 5. The van der Waals surface area contributed by atoms with Crippen LogP contribution in [0, 0.1) is 0 Å². The summed E-state index contributed by atoms with van der Waals surface area (Å²) in [5.74, 6) is -0.0373. The Balaban J connectivity index is 3.32. The van der Waals surface area contributed by atoms with Gasteiger partial charge in [0.15, 0.2) is 0 Å². The van der Waals surface area contributed by atoms with Crippen LogP contribution in [-0.4, -0.2) is 47.4 Å². The van der Waals surface area contributed by atoms with Gasteiger partial charge in [0, 0.05) is 12.8 Å². The van der Waals surface area contributed by atoms with Gasteiger partial charge in [-0.2, -0.15) is 0 Å². The van der Waals surface area contributed by atoms with Crippen molar-refractivity contribution in [3.8, 4) is 0 Å². The van der Waals surface area contributed by atoms with Crippen LogP contribution in [0.25, 0.3) is 0 Å². The van der Waals surface area contributed by atoms with Crippen molar-refractivity contribution in [2.45, 2.75) is 463 Å². The molecule has 2 atom stereocenters. The van der Waals surface area contributed by atoms with E-state index in [1.54, 1.807) is 6.08 Å². The molecule has 3 N–H and O–H groups in total. The molecule has 0 aliphatic heterocycles. The Kier molecular flexibility index (Phi) is 74.3. The summed E-state index contributed by atoms with van der Waals surface area (Å²) in [5.41, 5.74) is 0.